The lowest BCUT2D eigenvalue weighted by atomic mass is 10.4. The first-order valence-electron chi connectivity index (χ1n) is 5.25. The predicted molar refractivity (Wildman–Crippen MR) is 61.2 cm³/mol. The lowest BCUT2D eigenvalue weighted by Gasteiger charge is -2.04. The van der Waals surface area contributed by atoms with E-state index in [0.717, 1.165) is 18.8 Å². The summed E-state index contributed by atoms with van der Waals surface area (Å²) < 4.78 is 7.15. The zero-order valence-electron chi connectivity index (χ0n) is 9.66. The molecule has 0 aromatic carbocycles. The highest BCUT2D eigenvalue weighted by Crippen LogP contribution is 2.16. The van der Waals surface area contributed by atoms with Crippen molar-refractivity contribution in [3.8, 4) is 6.01 Å². The molecule has 0 aliphatic carbocycles. The molecule has 86 valence electrons. The fraction of sp³-hybridized carbons (Fsp3) is 0.700. The second-order valence-electron chi connectivity index (χ2n) is 3.75. The van der Waals surface area contributed by atoms with Crippen molar-refractivity contribution in [2.45, 2.75) is 32.9 Å². The molecule has 0 radical (unpaired) electrons. The number of nitrogens with zero attached hydrogens (tertiary/aromatic N) is 2. The normalized spacial score (nSPS) is 10.7. The third kappa shape index (κ3) is 3.43. The first-order chi connectivity index (χ1) is 7.17. The van der Waals surface area contributed by atoms with Gasteiger partial charge in [0.1, 0.15) is 5.82 Å². The van der Waals surface area contributed by atoms with Crippen LogP contribution in [0.5, 0.6) is 6.01 Å². The van der Waals surface area contributed by atoms with Gasteiger partial charge in [-0.05, 0) is 26.8 Å². The maximum atomic E-state index is 5.47. The maximum absolute atomic E-state index is 5.47. The van der Waals surface area contributed by atoms with E-state index in [1.807, 2.05) is 10.8 Å². The van der Waals surface area contributed by atoms with Gasteiger partial charge in [0.2, 0.25) is 0 Å². The molecule has 0 amide bonds. The lowest BCUT2D eigenvalue weighted by molar-refractivity contribution is 0.355. The van der Waals surface area contributed by atoms with E-state index in [9.17, 15) is 0 Å². The van der Waals surface area contributed by atoms with Crippen LogP contribution < -0.4 is 15.8 Å². The Hall–Kier alpha value is -1.23. The third-order valence-corrected chi connectivity index (χ3v) is 1.96. The van der Waals surface area contributed by atoms with E-state index in [4.69, 9.17) is 10.5 Å². The number of hydrogen-bond donors (Lipinski definition) is 2. The molecular formula is C10H20N4O. The summed E-state index contributed by atoms with van der Waals surface area (Å²) in [7, 11) is 1.63. The van der Waals surface area contributed by atoms with E-state index >= 15 is 0 Å². The van der Waals surface area contributed by atoms with E-state index in [0.29, 0.717) is 18.6 Å². The Morgan fingerprint density at radius 3 is 2.87 bits per heavy atom. The van der Waals surface area contributed by atoms with Gasteiger partial charge < -0.3 is 15.8 Å². The molecule has 1 aromatic heterocycles. The lowest BCUT2D eigenvalue weighted by Crippen LogP contribution is -2.09. The Balaban J connectivity index is 2.71. The molecule has 0 saturated heterocycles. The number of hydrogen-bond acceptors (Lipinski definition) is 4. The molecule has 0 fully saturated rings. The minimum atomic E-state index is 0.368. The van der Waals surface area contributed by atoms with Gasteiger partial charge in [-0.3, -0.25) is 4.57 Å². The van der Waals surface area contributed by atoms with E-state index in [2.05, 4.69) is 24.1 Å². The number of imidazole rings is 1. The first-order valence-corrected chi connectivity index (χ1v) is 5.25. The fourth-order valence-electron chi connectivity index (χ4n) is 1.35. The summed E-state index contributed by atoms with van der Waals surface area (Å²) in [6, 6.07) is 0.999. The number of nitrogens with one attached hydrogen (secondary N) is 1. The average Bonchev–Trinajstić information content (AvgIpc) is 2.56. The standard InChI is InChI=1S/C10H20N4O/c1-8(2)12-9-7-14(6-4-5-11)10(13-9)15-3/h7-8,12H,4-6,11H2,1-3H3. The Labute approximate surface area is 90.6 Å². The molecule has 0 aliphatic heterocycles. The minimum Gasteiger partial charge on any atom is -0.468 e. The van der Waals surface area contributed by atoms with Crippen molar-refractivity contribution in [3.63, 3.8) is 0 Å². The van der Waals surface area contributed by atoms with Gasteiger partial charge >= 0.3 is 0 Å². The molecule has 15 heavy (non-hydrogen) atoms. The van der Waals surface area contributed by atoms with Crippen molar-refractivity contribution in [2.24, 2.45) is 5.73 Å². The van der Waals surface area contributed by atoms with Gasteiger partial charge in [0.05, 0.1) is 13.3 Å². The molecule has 0 bridgehead atoms. The third-order valence-electron chi connectivity index (χ3n) is 1.96. The summed E-state index contributed by atoms with van der Waals surface area (Å²) in [4.78, 5) is 4.31. The van der Waals surface area contributed by atoms with Crippen LogP contribution >= 0.6 is 0 Å². The second kappa shape index (κ2) is 5.60. The Morgan fingerprint density at radius 2 is 2.33 bits per heavy atom. The van der Waals surface area contributed by atoms with Crippen LogP contribution in [-0.4, -0.2) is 29.2 Å². The van der Waals surface area contributed by atoms with Crippen LogP contribution in [0.15, 0.2) is 6.20 Å². The molecule has 0 unspecified atom stereocenters. The smallest absolute Gasteiger partial charge is 0.298 e. The van der Waals surface area contributed by atoms with Crippen molar-refractivity contribution in [1.82, 2.24) is 9.55 Å². The van der Waals surface area contributed by atoms with Crippen molar-refractivity contribution in [3.05, 3.63) is 6.20 Å². The number of nitrogens with two attached hydrogens (primary N) is 1. The van der Waals surface area contributed by atoms with Crippen LogP contribution in [0, 0.1) is 0 Å². The number of anilines is 1. The van der Waals surface area contributed by atoms with Gasteiger partial charge in [0, 0.05) is 12.6 Å². The van der Waals surface area contributed by atoms with E-state index in [1.165, 1.54) is 0 Å². The maximum Gasteiger partial charge on any atom is 0.298 e. The zero-order valence-corrected chi connectivity index (χ0v) is 9.66. The highest BCUT2D eigenvalue weighted by Gasteiger charge is 2.07. The van der Waals surface area contributed by atoms with Gasteiger partial charge in [-0.15, -0.1) is 0 Å². The zero-order chi connectivity index (χ0) is 11.3. The summed E-state index contributed by atoms with van der Waals surface area (Å²) in [5.41, 5.74) is 5.47. The Bertz CT molecular complexity index is 296. The highest BCUT2D eigenvalue weighted by molar-refractivity contribution is 5.35. The van der Waals surface area contributed by atoms with Gasteiger partial charge in [-0.25, -0.2) is 0 Å². The summed E-state index contributed by atoms with van der Waals surface area (Å²) in [5, 5.41) is 3.23. The molecule has 0 aliphatic rings. The molecule has 1 rings (SSSR count). The van der Waals surface area contributed by atoms with Gasteiger partial charge in [-0.2, -0.15) is 4.98 Å². The number of ether oxygens (including phenoxy) is 1. The van der Waals surface area contributed by atoms with E-state index < -0.39 is 0 Å². The van der Waals surface area contributed by atoms with Crippen LogP contribution in [0.4, 0.5) is 5.82 Å². The van der Waals surface area contributed by atoms with Crippen molar-refractivity contribution in [1.29, 1.82) is 0 Å². The van der Waals surface area contributed by atoms with Crippen molar-refractivity contribution in [2.75, 3.05) is 19.0 Å². The molecule has 0 atom stereocenters. The molecule has 0 saturated carbocycles. The van der Waals surface area contributed by atoms with Crippen LogP contribution in [-0.2, 0) is 6.54 Å². The SMILES string of the molecule is COc1nc(NC(C)C)cn1CCCN. The molecule has 1 heterocycles. The van der Waals surface area contributed by atoms with Crippen molar-refractivity contribution >= 4 is 5.82 Å². The second-order valence-corrected chi connectivity index (χ2v) is 3.75. The largest absolute Gasteiger partial charge is 0.468 e. The van der Waals surface area contributed by atoms with Crippen molar-refractivity contribution < 1.29 is 4.74 Å². The first kappa shape index (κ1) is 11.8. The Kier molecular flexibility index (Phi) is 4.42. The number of methoxy groups -OCH3 is 1. The fourth-order valence-corrected chi connectivity index (χ4v) is 1.35. The number of rotatable bonds is 6. The Morgan fingerprint density at radius 1 is 1.60 bits per heavy atom. The summed E-state index contributed by atoms with van der Waals surface area (Å²) in [5.74, 6) is 0.846. The minimum absolute atomic E-state index is 0.368. The van der Waals surface area contributed by atoms with Crippen LogP contribution in [0.1, 0.15) is 20.3 Å². The van der Waals surface area contributed by atoms with Crippen LogP contribution in [0.25, 0.3) is 0 Å². The molecule has 0 spiro atoms. The summed E-state index contributed by atoms with van der Waals surface area (Å²) in [6.45, 7) is 5.66. The average molecular weight is 212 g/mol. The van der Waals surface area contributed by atoms with Crippen LogP contribution in [0.2, 0.25) is 0 Å². The molecule has 1 aromatic rings. The quantitative estimate of drug-likeness (QED) is 0.740. The van der Waals surface area contributed by atoms with Gasteiger partial charge in [0.25, 0.3) is 6.01 Å². The van der Waals surface area contributed by atoms with Gasteiger partial charge in [-0.1, -0.05) is 0 Å². The number of aryl methyl sites for hydroxylation is 1. The molecule has 5 heteroatoms. The number of aromatic nitrogens is 2. The van der Waals surface area contributed by atoms with Gasteiger partial charge in [0.15, 0.2) is 0 Å². The van der Waals surface area contributed by atoms with Crippen LogP contribution in [0.3, 0.4) is 0 Å². The molecule has 3 N–H and O–H groups in total. The summed E-state index contributed by atoms with van der Waals surface area (Å²) >= 11 is 0. The highest BCUT2D eigenvalue weighted by atomic mass is 16.5. The molecular weight excluding hydrogens is 192 g/mol. The summed E-state index contributed by atoms with van der Waals surface area (Å²) in [6.07, 6.45) is 2.88. The van der Waals surface area contributed by atoms with E-state index in [1.54, 1.807) is 7.11 Å². The molecule has 5 nitrogen and oxygen atoms in total. The predicted octanol–water partition coefficient (Wildman–Crippen LogP) is 1.06. The topological polar surface area (TPSA) is 65.1 Å². The monoisotopic (exact) mass is 212 g/mol. The van der Waals surface area contributed by atoms with E-state index in [-0.39, 0.29) is 0 Å².